The lowest BCUT2D eigenvalue weighted by molar-refractivity contribution is -0.144. The van der Waals surface area contributed by atoms with Gasteiger partial charge in [-0.25, -0.2) is 0 Å². The molecule has 0 radical (unpaired) electrons. The lowest BCUT2D eigenvalue weighted by atomic mass is 10.2. The zero-order valence-corrected chi connectivity index (χ0v) is 14.6. The molecule has 1 rings (SSSR count). The molecule has 0 aliphatic rings. The van der Waals surface area contributed by atoms with Crippen molar-refractivity contribution in [2.45, 2.75) is 24.8 Å². The fraction of sp³-hybridized carbons (Fsp3) is 0.429. The number of carbonyl (C=O) groups is 2. The van der Waals surface area contributed by atoms with E-state index in [2.05, 4.69) is 15.9 Å². The number of carbonyl (C=O) groups excluding carboxylic acids is 1. The number of aliphatic carboxylic acids is 1. The van der Waals surface area contributed by atoms with Crippen molar-refractivity contribution >= 4 is 49.5 Å². The summed E-state index contributed by atoms with van der Waals surface area (Å²) in [5.74, 6) is 0.153. The molecule has 0 saturated carbocycles. The van der Waals surface area contributed by atoms with Crippen molar-refractivity contribution in [3.63, 3.8) is 0 Å². The zero-order chi connectivity index (χ0) is 15.5. The Bertz CT molecular complexity index is 451. The molecule has 7 heteroatoms. The van der Waals surface area contributed by atoms with Crippen LogP contribution in [0.15, 0.2) is 24.3 Å². The average molecular weight is 393 g/mol. The Morgan fingerprint density at radius 3 is 2.19 bits per heavy atom. The molecule has 0 spiro atoms. The third-order valence-electron chi connectivity index (χ3n) is 2.45. The van der Waals surface area contributed by atoms with Crippen LogP contribution in [0.1, 0.15) is 24.0 Å². The minimum absolute atomic E-state index is 0.145. The first-order valence-electron chi connectivity index (χ1n) is 6.37. The predicted octanol–water partition coefficient (Wildman–Crippen LogP) is 3.87. The molecule has 4 nitrogen and oxygen atoms in total. The summed E-state index contributed by atoms with van der Waals surface area (Å²) in [6.07, 6.45) is 0.483. The molecule has 0 unspecified atom stereocenters. The average Bonchev–Trinajstić information content (AvgIpc) is 2.49. The number of esters is 1. The van der Waals surface area contributed by atoms with Gasteiger partial charge in [0.1, 0.15) is 6.61 Å². The zero-order valence-electron chi connectivity index (χ0n) is 11.4. The summed E-state index contributed by atoms with van der Waals surface area (Å²) in [4.78, 5) is 21.8. The number of benzene rings is 1. The van der Waals surface area contributed by atoms with E-state index in [-0.39, 0.29) is 19.0 Å². The molecule has 0 aromatic heterocycles. The van der Waals surface area contributed by atoms with Gasteiger partial charge in [-0.2, -0.15) is 0 Å². The number of halogens is 1. The number of carboxylic acid groups (broad SMARTS) is 1. The van der Waals surface area contributed by atoms with Crippen LogP contribution in [0.25, 0.3) is 0 Å². The summed E-state index contributed by atoms with van der Waals surface area (Å²) in [5.41, 5.74) is 2.15. The van der Waals surface area contributed by atoms with E-state index in [1.54, 1.807) is 0 Å². The van der Waals surface area contributed by atoms with Crippen LogP contribution in [0.3, 0.4) is 0 Å². The minimum atomic E-state index is -0.798. The largest absolute Gasteiger partial charge is 0.481 e. The number of rotatable bonds is 10. The Kier molecular flexibility index (Phi) is 9.62. The molecule has 0 aliphatic carbocycles. The van der Waals surface area contributed by atoms with Crippen LogP contribution in [0.5, 0.6) is 0 Å². The minimum Gasteiger partial charge on any atom is -0.481 e. The fourth-order valence-electron chi connectivity index (χ4n) is 1.33. The van der Waals surface area contributed by atoms with Crippen molar-refractivity contribution in [1.82, 2.24) is 0 Å². The number of carboxylic acids is 1. The number of alkyl halides is 1. The number of ether oxygens (including phenoxy) is 1. The maximum absolute atomic E-state index is 11.5. The van der Waals surface area contributed by atoms with Crippen LogP contribution in [-0.4, -0.2) is 28.6 Å². The summed E-state index contributed by atoms with van der Waals surface area (Å²) in [6, 6.07) is 7.88. The third kappa shape index (κ3) is 9.06. The van der Waals surface area contributed by atoms with Crippen LogP contribution in [0, 0.1) is 0 Å². The summed E-state index contributed by atoms with van der Waals surface area (Å²) in [5, 5.41) is 9.28. The highest BCUT2D eigenvalue weighted by Gasteiger charge is 2.04. The van der Waals surface area contributed by atoms with Crippen molar-refractivity contribution in [2.75, 3.05) is 11.5 Å². The van der Waals surface area contributed by atoms with Gasteiger partial charge in [-0.15, -0.1) is 0 Å². The van der Waals surface area contributed by atoms with Crippen molar-refractivity contribution in [1.29, 1.82) is 0 Å². The number of hydrogen-bond acceptors (Lipinski definition) is 5. The molecular weight excluding hydrogens is 376 g/mol. The molecule has 0 saturated heterocycles. The molecule has 1 N–H and O–H groups in total. The Hall–Kier alpha value is -0.660. The van der Waals surface area contributed by atoms with Gasteiger partial charge in [0.05, 0.1) is 12.8 Å². The van der Waals surface area contributed by atoms with Crippen molar-refractivity contribution in [3.8, 4) is 0 Å². The van der Waals surface area contributed by atoms with Gasteiger partial charge < -0.3 is 9.84 Å². The predicted molar refractivity (Wildman–Crippen MR) is 90.7 cm³/mol. The molecule has 0 aliphatic heterocycles. The van der Waals surface area contributed by atoms with Gasteiger partial charge in [-0.05, 0) is 11.1 Å². The summed E-state index contributed by atoms with van der Waals surface area (Å²) < 4.78 is 5.18. The normalized spacial score (nSPS) is 10.3. The first-order chi connectivity index (χ1) is 10.1. The Balaban J connectivity index is 2.09. The number of hydrogen-bond donors (Lipinski definition) is 1. The molecule has 1 aromatic rings. The van der Waals surface area contributed by atoms with Gasteiger partial charge in [0.25, 0.3) is 0 Å². The van der Waals surface area contributed by atoms with Gasteiger partial charge >= 0.3 is 11.9 Å². The molecule has 1 aromatic carbocycles. The molecule has 0 bridgehead atoms. The first kappa shape index (κ1) is 18.4. The van der Waals surface area contributed by atoms with E-state index >= 15 is 0 Å². The van der Waals surface area contributed by atoms with Crippen LogP contribution in [-0.2, 0) is 26.3 Å². The van der Waals surface area contributed by atoms with E-state index in [1.165, 1.54) is 27.2 Å². The highest BCUT2D eigenvalue weighted by atomic mass is 79.9. The summed E-state index contributed by atoms with van der Waals surface area (Å²) in [7, 11) is 2.96. The van der Waals surface area contributed by atoms with Crippen LogP contribution in [0.2, 0.25) is 0 Å². The molecule has 0 atom stereocenters. The molecule has 21 heavy (non-hydrogen) atoms. The summed E-state index contributed by atoms with van der Waals surface area (Å²) in [6.45, 7) is 0.290. The first-order valence-corrected chi connectivity index (χ1v) is 9.98. The Morgan fingerprint density at radius 1 is 1.05 bits per heavy atom. The van der Waals surface area contributed by atoms with Crippen molar-refractivity contribution in [3.05, 3.63) is 35.4 Å². The van der Waals surface area contributed by atoms with Crippen molar-refractivity contribution < 1.29 is 19.4 Å². The van der Waals surface area contributed by atoms with E-state index in [4.69, 9.17) is 9.84 Å². The van der Waals surface area contributed by atoms with E-state index in [0.29, 0.717) is 17.9 Å². The fourth-order valence-corrected chi connectivity index (χ4v) is 3.66. The van der Waals surface area contributed by atoms with Gasteiger partial charge in [0, 0.05) is 16.8 Å². The maximum atomic E-state index is 11.5. The van der Waals surface area contributed by atoms with Gasteiger partial charge in [-0.1, -0.05) is 61.8 Å². The topological polar surface area (TPSA) is 63.6 Å². The Labute approximate surface area is 140 Å². The maximum Gasteiger partial charge on any atom is 0.306 e. The molecule has 0 heterocycles. The molecule has 0 fully saturated rings. The molecular formula is C14H17BrO4S2. The lowest BCUT2D eigenvalue weighted by Gasteiger charge is -2.05. The summed E-state index contributed by atoms with van der Waals surface area (Å²) >= 11 is 3.38. The van der Waals surface area contributed by atoms with Crippen LogP contribution in [0.4, 0.5) is 0 Å². The highest BCUT2D eigenvalue weighted by molar-refractivity contribution is 9.08. The molecule has 0 amide bonds. The lowest BCUT2D eigenvalue weighted by Crippen LogP contribution is -2.05. The van der Waals surface area contributed by atoms with E-state index in [0.717, 1.165) is 10.9 Å². The van der Waals surface area contributed by atoms with Gasteiger partial charge in [0.2, 0.25) is 0 Å². The third-order valence-corrected chi connectivity index (χ3v) is 5.50. The van der Waals surface area contributed by atoms with E-state index in [1.807, 2.05) is 24.3 Å². The highest BCUT2D eigenvalue weighted by Crippen LogP contribution is 2.22. The second-order valence-electron chi connectivity index (χ2n) is 4.15. The quantitative estimate of drug-likeness (QED) is 0.282. The second kappa shape index (κ2) is 11.0. The van der Waals surface area contributed by atoms with Crippen molar-refractivity contribution in [2.24, 2.45) is 0 Å². The van der Waals surface area contributed by atoms with Gasteiger partial charge in [-0.3, -0.25) is 9.59 Å². The standard InChI is InChI=1S/C14H17BrO4S2/c15-9-11-1-3-12(4-2-11)10-19-14(18)6-8-21-20-7-5-13(16)17/h1-4H,5-10H2,(H,16,17). The second-order valence-corrected chi connectivity index (χ2v) is 7.41. The van der Waals surface area contributed by atoms with E-state index in [9.17, 15) is 9.59 Å². The smallest absolute Gasteiger partial charge is 0.306 e. The SMILES string of the molecule is O=C(O)CCSSCCC(=O)OCc1ccc(CBr)cc1. The van der Waals surface area contributed by atoms with E-state index < -0.39 is 5.97 Å². The van der Waals surface area contributed by atoms with Crippen LogP contribution < -0.4 is 0 Å². The monoisotopic (exact) mass is 392 g/mol. The Morgan fingerprint density at radius 2 is 1.62 bits per heavy atom. The molecule has 116 valence electrons. The van der Waals surface area contributed by atoms with Crippen LogP contribution >= 0.6 is 37.5 Å². The van der Waals surface area contributed by atoms with Gasteiger partial charge in [0.15, 0.2) is 0 Å².